The van der Waals surface area contributed by atoms with Gasteiger partial charge in [0.05, 0.1) is 10.2 Å². The van der Waals surface area contributed by atoms with Gasteiger partial charge in [0.15, 0.2) is 0 Å². The maximum absolute atomic E-state index is 6.09. The molecule has 0 aliphatic carbocycles. The number of nitrogens with two attached hydrogens (primary N) is 1. The minimum atomic E-state index is 0.684. The number of rotatable bonds is 1. The van der Waals surface area contributed by atoms with Crippen molar-refractivity contribution in [1.82, 2.24) is 4.98 Å². The first kappa shape index (κ1) is 14.5. The number of aromatic nitrogens is 1. The van der Waals surface area contributed by atoms with E-state index in [1.165, 1.54) is 4.70 Å². The number of benzene rings is 3. The van der Waals surface area contributed by atoms with Crippen molar-refractivity contribution in [1.29, 1.82) is 0 Å². The zero-order valence-electron chi connectivity index (χ0n) is 12.9. The molecule has 4 rings (SSSR count). The van der Waals surface area contributed by atoms with Crippen molar-refractivity contribution < 1.29 is 0 Å². The van der Waals surface area contributed by atoms with Gasteiger partial charge in [-0.3, -0.25) is 0 Å². The summed E-state index contributed by atoms with van der Waals surface area (Å²) in [6.45, 7) is 0. The molecule has 0 spiro atoms. The molecule has 1 aromatic heterocycles. The van der Waals surface area contributed by atoms with Crippen LogP contribution in [0.15, 0.2) is 72.8 Å². The molecule has 3 heteroatoms. The van der Waals surface area contributed by atoms with Crippen LogP contribution >= 0.6 is 11.3 Å². The van der Waals surface area contributed by atoms with Crippen LogP contribution in [0.3, 0.4) is 0 Å². The Balaban J connectivity index is 1.75. The highest BCUT2D eigenvalue weighted by molar-refractivity contribution is 7.21. The SMILES string of the molecule is Nc1ccc(-c2nc3ccccc3s2)cc1C#Cc1ccccc1. The number of nitrogens with zero attached hydrogens (tertiary/aromatic N) is 1. The normalized spacial score (nSPS) is 10.3. The van der Waals surface area contributed by atoms with Crippen molar-refractivity contribution in [2.45, 2.75) is 0 Å². The van der Waals surface area contributed by atoms with Crippen molar-refractivity contribution in [3.8, 4) is 22.4 Å². The number of fused-ring (bicyclic) bond motifs is 1. The fraction of sp³-hybridized carbons (Fsp3) is 0. The average molecular weight is 326 g/mol. The Morgan fingerprint density at radius 3 is 2.46 bits per heavy atom. The molecule has 4 aromatic rings. The zero-order chi connectivity index (χ0) is 16.4. The van der Waals surface area contributed by atoms with Crippen molar-refractivity contribution >= 4 is 27.2 Å². The summed E-state index contributed by atoms with van der Waals surface area (Å²) in [5.74, 6) is 6.34. The molecule has 0 radical (unpaired) electrons. The largest absolute Gasteiger partial charge is 0.398 e. The molecule has 114 valence electrons. The van der Waals surface area contributed by atoms with E-state index in [2.05, 4.69) is 17.9 Å². The molecule has 3 aromatic carbocycles. The molecule has 0 saturated heterocycles. The molecule has 1 heterocycles. The second kappa shape index (κ2) is 6.19. The van der Waals surface area contributed by atoms with Gasteiger partial charge in [0.2, 0.25) is 0 Å². The number of anilines is 1. The lowest BCUT2D eigenvalue weighted by molar-refractivity contribution is 1.47. The maximum Gasteiger partial charge on any atom is 0.124 e. The molecule has 0 amide bonds. The van der Waals surface area contributed by atoms with Crippen LogP contribution in [0.5, 0.6) is 0 Å². The minimum Gasteiger partial charge on any atom is -0.398 e. The lowest BCUT2D eigenvalue weighted by atomic mass is 10.1. The molecule has 0 atom stereocenters. The van der Waals surface area contributed by atoms with Crippen LogP contribution in [-0.4, -0.2) is 4.98 Å². The highest BCUT2D eigenvalue weighted by Gasteiger charge is 2.07. The summed E-state index contributed by atoms with van der Waals surface area (Å²) in [5, 5.41) is 0.985. The van der Waals surface area contributed by atoms with Crippen LogP contribution in [0.2, 0.25) is 0 Å². The third kappa shape index (κ3) is 2.88. The van der Waals surface area contributed by atoms with Gasteiger partial charge in [-0.05, 0) is 42.5 Å². The number of hydrogen-bond acceptors (Lipinski definition) is 3. The van der Waals surface area contributed by atoms with E-state index < -0.39 is 0 Å². The van der Waals surface area contributed by atoms with Crippen molar-refractivity contribution in [2.75, 3.05) is 5.73 Å². The minimum absolute atomic E-state index is 0.684. The highest BCUT2D eigenvalue weighted by atomic mass is 32.1. The smallest absolute Gasteiger partial charge is 0.124 e. The summed E-state index contributed by atoms with van der Waals surface area (Å²) < 4.78 is 1.18. The van der Waals surface area contributed by atoms with Crippen molar-refractivity contribution in [3.05, 3.63) is 83.9 Å². The van der Waals surface area contributed by atoms with E-state index in [4.69, 9.17) is 10.7 Å². The Hall–Kier alpha value is -3.09. The summed E-state index contributed by atoms with van der Waals surface area (Å²) in [6.07, 6.45) is 0. The van der Waals surface area contributed by atoms with E-state index in [9.17, 15) is 0 Å². The van der Waals surface area contributed by atoms with E-state index in [1.54, 1.807) is 11.3 Å². The molecule has 0 saturated carbocycles. The zero-order valence-corrected chi connectivity index (χ0v) is 13.7. The van der Waals surface area contributed by atoms with E-state index in [1.807, 2.05) is 66.7 Å². The molecule has 0 aliphatic rings. The van der Waals surface area contributed by atoms with Crippen molar-refractivity contribution in [2.24, 2.45) is 0 Å². The topological polar surface area (TPSA) is 38.9 Å². The van der Waals surface area contributed by atoms with Crippen LogP contribution < -0.4 is 5.73 Å². The Morgan fingerprint density at radius 1 is 0.833 bits per heavy atom. The standard InChI is InChI=1S/C21H14N2S/c22-18-13-12-17(21-23-19-8-4-5-9-20(19)24-21)14-16(18)11-10-15-6-2-1-3-7-15/h1-9,12-14H,22H2. The van der Waals surface area contributed by atoms with Gasteiger partial charge >= 0.3 is 0 Å². The number of nitrogen functional groups attached to an aromatic ring is 1. The van der Waals surface area contributed by atoms with E-state index in [0.29, 0.717) is 5.69 Å². The Bertz CT molecular complexity index is 1040. The molecule has 0 bridgehead atoms. The van der Waals surface area contributed by atoms with Gasteiger partial charge in [-0.1, -0.05) is 42.2 Å². The second-order valence-corrected chi connectivity index (χ2v) is 6.44. The molecule has 0 fully saturated rings. The molecular formula is C21H14N2S. The van der Waals surface area contributed by atoms with Crippen molar-refractivity contribution in [3.63, 3.8) is 0 Å². The number of para-hydroxylation sites is 1. The predicted molar refractivity (Wildman–Crippen MR) is 102 cm³/mol. The summed E-state index contributed by atoms with van der Waals surface area (Å²) >= 11 is 1.68. The van der Waals surface area contributed by atoms with Crippen LogP contribution in [0, 0.1) is 11.8 Å². The third-order valence-electron chi connectivity index (χ3n) is 3.71. The van der Waals surface area contributed by atoms with Gasteiger partial charge in [0, 0.05) is 22.4 Å². The first-order chi connectivity index (χ1) is 11.8. The molecular weight excluding hydrogens is 312 g/mol. The van der Waals surface area contributed by atoms with Crippen LogP contribution in [0.25, 0.3) is 20.8 Å². The molecule has 2 nitrogen and oxygen atoms in total. The number of hydrogen-bond donors (Lipinski definition) is 1. The van der Waals surface area contributed by atoms with Crippen LogP contribution in [0.4, 0.5) is 5.69 Å². The van der Waals surface area contributed by atoms with Crippen LogP contribution in [0.1, 0.15) is 11.1 Å². The summed E-state index contributed by atoms with van der Waals surface area (Å²) in [5.41, 5.74) is 10.6. The average Bonchev–Trinajstić information content (AvgIpc) is 3.06. The monoisotopic (exact) mass is 326 g/mol. The Morgan fingerprint density at radius 2 is 1.62 bits per heavy atom. The van der Waals surface area contributed by atoms with Gasteiger partial charge in [0.25, 0.3) is 0 Å². The summed E-state index contributed by atoms with van der Waals surface area (Å²) in [4.78, 5) is 4.70. The van der Waals surface area contributed by atoms with Gasteiger partial charge < -0.3 is 5.73 Å². The van der Waals surface area contributed by atoms with Gasteiger partial charge in [-0.25, -0.2) is 4.98 Å². The molecule has 0 unspecified atom stereocenters. The predicted octanol–water partition coefficient (Wildman–Crippen LogP) is 4.95. The summed E-state index contributed by atoms with van der Waals surface area (Å²) in [7, 11) is 0. The van der Waals surface area contributed by atoms with E-state index in [0.717, 1.165) is 27.2 Å². The molecule has 24 heavy (non-hydrogen) atoms. The number of thiazole rings is 1. The van der Waals surface area contributed by atoms with Crippen LogP contribution in [-0.2, 0) is 0 Å². The first-order valence-corrected chi connectivity index (χ1v) is 8.44. The quantitative estimate of drug-likeness (QED) is 0.397. The lowest BCUT2D eigenvalue weighted by Gasteiger charge is -2.01. The van der Waals surface area contributed by atoms with Gasteiger partial charge in [-0.2, -0.15) is 0 Å². The highest BCUT2D eigenvalue weighted by Crippen LogP contribution is 2.31. The maximum atomic E-state index is 6.09. The third-order valence-corrected chi connectivity index (χ3v) is 4.79. The molecule has 0 aliphatic heterocycles. The second-order valence-electron chi connectivity index (χ2n) is 5.40. The summed E-state index contributed by atoms with van der Waals surface area (Å²) in [6, 6.07) is 24.0. The van der Waals surface area contributed by atoms with Gasteiger partial charge in [-0.15, -0.1) is 11.3 Å². The molecule has 2 N–H and O–H groups in total. The van der Waals surface area contributed by atoms with E-state index >= 15 is 0 Å². The Labute approximate surface area is 144 Å². The Kier molecular flexibility index (Phi) is 3.74. The van der Waals surface area contributed by atoms with E-state index in [-0.39, 0.29) is 0 Å². The fourth-order valence-corrected chi connectivity index (χ4v) is 3.42. The fourth-order valence-electron chi connectivity index (χ4n) is 2.45. The van der Waals surface area contributed by atoms with Gasteiger partial charge in [0.1, 0.15) is 5.01 Å². The lowest BCUT2D eigenvalue weighted by Crippen LogP contribution is -1.91. The first-order valence-electron chi connectivity index (χ1n) is 7.62.